The molecule has 0 aliphatic rings. The van der Waals surface area contributed by atoms with Crippen LogP contribution in [0.5, 0.6) is 0 Å². The van der Waals surface area contributed by atoms with Gasteiger partial charge in [-0.05, 0) is 80.8 Å². The molecule has 0 saturated heterocycles. The third kappa shape index (κ3) is 12.1. The van der Waals surface area contributed by atoms with Crippen LogP contribution in [0, 0.1) is 0 Å². The molecule has 45 heavy (non-hydrogen) atoms. The monoisotopic (exact) mass is 792 g/mol. The summed E-state index contributed by atoms with van der Waals surface area (Å²) in [5.41, 5.74) is 7.38. The van der Waals surface area contributed by atoms with Crippen molar-refractivity contribution in [1.82, 2.24) is 8.75 Å². The first-order chi connectivity index (χ1) is 22.1. The lowest BCUT2D eigenvalue weighted by atomic mass is 10.0. The molecule has 0 spiro atoms. The summed E-state index contributed by atoms with van der Waals surface area (Å²) in [5, 5.41) is 0. The van der Waals surface area contributed by atoms with E-state index >= 15 is 0 Å². The van der Waals surface area contributed by atoms with Gasteiger partial charge in [0.2, 0.25) is 0 Å². The standard InChI is InChI=1S/C38H54Br2N2S3/c1-3-5-7-9-11-13-15-17-19-21-23-29-27-33(43-37(29)39)31-25-26-32(36-35(31)41-45-42-36)34-28-30(38(40)44-34)24-22-20-18-16-14-12-10-8-6-4-2/h25-28H,3-24H2,1-2H3. The molecule has 0 atom stereocenters. The molecule has 0 amide bonds. The third-order valence-electron chi connectivity index (χ3n) is 9.06. The van der Waals surface area contributed by atoms with Crippen LogP contribution in [0.3, 0.4) is 0 Å². The van der Waals surface area contributed by atoms with Crippen molar-refractivity contribution < 1.29 is 0 Å². The quantitative estimate of drug-likeness (QED) is 0.0660. The first-order valence-electron chi connectivity index (χ1n) is 17.9. The van der Waals surface area contributed by atoms with Crippen molar-refractivity contribution in [1.29, 1.82) is 0 Å². The first kappa shape index (κ1) is 37.2. The Hall–Kier alpha value is -0.600. The molecule has 0 radical (unpaired) electrons. The van der Waals surface area contributed by atoms with Crippen molar-refractivity contribution in [2.75, 3.05) is 0 Å². The number of aryl methyl sites for hydroxylation is 2. The highest BCUT2D eigenvalue weighted by atomic mass is 79.9. The van der Waals surface area contributed by atoms with Gasteiger partial charge >= 0.3 is 0 Å². The SMILES string of the molecule is CCCCCCCCCCCCc1cc(-c2ccc(-c3cc(CCCCCCCCCCCC)c(Br)s3)c3nsnc23)sc1Br. The van der Waals surface area contributed by atoms with Crippen molar-refractivity contribution in [2.45, 2.75) is 155 Å². The maximum atomic E-state index is 4.80. The minimum absolute atomic E-state index is 1.04. The summed E-state index contributed by atoms with van der Waals surface area (Å²) in [6.45, 7) is 4.59. The molecule has 0 aliphatic carbocycles. The van der Waals surface area contributed by atoms with Crippen molar-refractivity contribution in [3.8, 4) is 20.9 Å². The molecule has 4 aromatic rings. The van der Waals surface area contributed by atoms with Gasteiger partial charge in [-0.15, -0.1) is 22.7 Å². The van der Waals surface area contributed by atoms with E-state index in [1.54, 1.807) is 0 Å². The average molecular weight is 795 g/mol. The molecule has 4 rings (SSSR count). The van der Waals surface area contributed by atoms with Crippen LogP contribution in [-0.2, 0) is 12.8 Å². The van der Waals surface area contributed by atoms with Gasteiger partial charge in [0.15, 0.2) is 0 Å². The molecule has 0 saturated carbocycles. The minimum Gasteiger partial charge on any atom is -0.172 e. The Labute approximate surface area is 302 Å². The highest BCUT2D eigenvalue weighted by molar-refractivity contribution is 9.11. The Bertz CT molecular complexity index is 1290. The van der Waals surface area contributed by atoms with Gasteiger partial charge in [-0.1, -0.05) is 142 Å². The molecular formula is C38H54Br2N2S3. The van der Waals surface area contributed by atoms with Gasteiger partial charge in [-0.25, -0.2) is 0 Å². The van der Waals surface area contributed by atoms with Crippen molar-refractivity contribution in [3.05, 3.63) is 43.0 Å². The number of aromatic nitrogens is 2. The lowest BCUT2D eigenvalue weighted by molar-refractivity contribution is 0.556. The number of nitrogens with zero attached hydrogens (tertiary/aromatic N) is 2. The normalized spacial score (nSPS) is 11.7. The van der Waals surface area contributed by atoms with Crippen LogP contribution >= 0.6 is 66.3 Å². The van der Waals surface area contributed by atoms with Crippen LogP contribution < -0.4 is 0 Å². The van der Waals surface area contributed by atoms with Crippen LogP contribution in [0.25, 0.3) is 31.9 Å². The summed E-state index contributed by atoms with van der Waals surface area (Å²) in [4.78, 5) is 2.59. The van der Waals surface area contributed by atoms with Crippen LogP contribution in [0.2, 0.25) is 0 Å². The third-order valence-corrected chi connectivity index (χ3v) is 13.6. The molecule has 7 heteroatoms. The Morgan fingerprint density at radius 2 is 0.822 bits per heavy atom. The van der Waals surface area contributed by atoms with E-state index in [1.165, 1.54) is 180 Å². The summed E-state index contributed by atoms with van der Waals surface area (Å²) in [6, 6.07) is 9.33. The molecule has 3 aromatic heterocycles. The number of hydrogen-bond acceptors (Lipinski definition) is 5. The van der Waals surface area contributed by atoms with E-state index in [0.717, 1.165) is 23.9 Å². The number of thiophene rings is 2. The van der Waals surface area contributed by atoms with E-state index in [-0.39, 0.29) is 0 Å². The van der Waals surface area contributed by atoms with Gasteiger partial charge < -0.3 is 0 Å². The molecule has 0 N–H and O–H groups in total. The van der Waals surface area contributed by atoms with Gasteiger partial charge in [0.05, 0.1) is 19.3 Å². The van der Waals surface area contributed by atoms with E-state index in [2.05, 4.69) is 70.0 Å². The predicted octanol–water partition coefficient (Wildman–Crippen LogP) is 15.6. The van der Waals surface area contributed by atoms with Crippen LogP contribution in [0.1, 0.15) is 153 Å². The molecule has 248 valence electrons. The number of rotatable bonds is 24. The molecule has 0 fully saturated rings. The van der Waals surface area contributed by atoms with E-state index < -0.39 is 0 Å². The number of unbranched alkanes of at least 4 members (excludes halogenated alkanes) is 18. The largest absolute Gasteiger partial charge is 0.172 e. The van der Waals surface area contributed by atoms with Crippen LogP contribution in [0.15, 0.2) is 31.8 Å². The Morgan fingerprint density at radius 3 is 1.18 bits per heavy atom. The Morgan fingerprint density at radius 1 is 0.489 bits per heavy atom. The molecule has 1 aromatic carbocycles. The number of hydrogen-bond donors (Lipinski definition) is 0. The highest BCUT2D eigenvalue weighted by Crippen LogP contribution is 2.43. The summed E-state index contributed by atoms with van der Waals surface area (Å²) in [7, 11) is 0. The summed E-state index contributed by atoms with van der Waals surface area (Å²) in [5.74, 6) is 0. The fourth-order valence-corrected chi connectivity index (χ4v) is 10.5. The topological polar surface area (TPSA) is 25.8 Å². The van der Waals surface area contributed by atoms with Crippen LogP contribution in [-0.4, -0.2) is 8.75 Å². The van der Waals surface area contributed by atoms with Gasteiger partial charge in [0, 0.05) is 20.9 Å². The zero-order chi connectivity index (χ0) is 31.7. The second-order valence-corrected chi connectivity index (χ2v) is 18.1. The van der Waals surface area contributed by atoms with Crippen LogP contribution in [0.4, 0.5) is 0 Å². The maximum absolute atomic E-state index is 4.80. The lowest BCUT2D eigenvalue weighted by Crippen LogP contribution is -1.86. The second-order valence-electron chi connectivity index (χ2n) is 12.8. The smallest absolute Gasteiger partial charge is 0.114 e. The highest BCUT2D eigenvalue weighted by Gasteiger charge is 2.18. The van der Waals surface area contributed by atoms with E-state index in [0.29, 0.717) is 0 Å². The van der Waals surface area contributed by atoms with Crippen molar-refractivity contribution in [2.24, 2.45) is 0 Å². The number of benzene rings is 1. The summed E-state index contributed by atoms with van der Waals surface area (Å²) < 4.78 is 12.1. The zero-order valence-electron chi connectivity index (χ0n) is 27.7. The van der Waals surface area contributed by atoms with Gasteiger partial charge in [0.1, 0.15) is 11.0 Å². The lowest BCUT2D eigenvalue weighted by Gasteiger charge is -2.04. The van der Waals surface area contributed by atoms with E-state index in [9.17, 15) is 0 Å². The summed E-state index contributed by atoms with van der Waals surface area (Å²) in [6.07, 6.45) is 29.9. The molecule has 3 heterocycles. The van der Waals surface area contributed by atoms with E-state index in [1.807, 2.05) is 22.7 Å². The van der Waals surface area contributed by atoms with Gasteiger partial charge in [0.25, 0.3) is 0 Å². The molecule has 2 nitrogen and oxygen atoms in total. The van der Waals surface area contributed by atoms with E-state index in [4.69, 9.17) is 8.75 Å². The molecule has 0 aliphatic heterocycles. The fraction of sp³-hybridized carbons (Fsp3) is 0.632. The molecule has 0 bridgehead atoms. The Kier molecular flexibility index (Phi) is 17.7. The minimum atomic E-state index is 1.04. The molecular weight excluding hydrogens is 740 g/mol. The maximum Gasteiger partial charge on any atom is 0.114 e. The average Bonchev–Trinajstić information content (AvgIpc) is 3.77. The fourth-order valence-electron chi connectivity index (χ4n) is 6.29. The zero-order valence-corrected chi connectivity index (χ0v) is 33.4. The second kappa shape index (κ2) is 21.4. The number of halogens is 2. The van der Waals surface area contributed by atoms with Crippen molar-refractivity contribution >= 4 is 77.3 Å². The summed E-state index contributed by atoms with van der Waals surface area (Å²) >= 11 is 12.8. The van der Waals surface area contributed by atoms with Gasteiger partial charge in [-0.2, -0.15) is 8.75 Å². The number of fused-ring (bicyclic) bond motifs is 1. The Balaban J connectivity index is 1.27. The van der Waals surface area contributed by atoms with Gasteiger partial charge in [-0.3, -0.25) is 0 Å². The predicted molar refractivity (Wildman–Crippen MR) is 211 cm³/mol. The first-order valence-corrected chi connectivity index (χ1v) is 21.9. The molecule has 0 unspecified atom stereocenters. The van der Waals surface area contributed by atoms with Crippen molar-refractivity contribution in [3.63, 3.8) is 0 Å².